The number of carbonyl (C=O) groups is 1. The topological polar surface area (TPSA) is 38.3 Å². The highest BCUT2D eigenvalue weighted by molar-refractivity contribution is 6.30. The highest BCUT2D eigenvalue weighted by Crippen LogP contribution is 2.44. The fourth-order valence-electron chi connectivity index (χ4n) is 2.44. The van der Waals surface area contributed by atoms with Gasteiger partial charge in [0.1, 0.15) is 5.75 Å². The van der Waals surface area contributed by atoms with Gasteiger partial charge in [-0.1, -0.05) is 11.6 Å². The quantitative estimate of drug-likeness (QED) is 0.869. The minimum absolute atomic E-state index is 0.0150. The number of halogens is 1. The van der Waals surface area contributed by atoms with Crippen molar-refractivity contribution >= 4 is 17.5 Å². The van der Waals surface area contributed by atoms with Crippen molar-refractivity contribution in [2.75, 3.05) is 6.61 Å². The SMILES string of the molecule is O=C(COc1ccc(Cl)cc1)NC(C1CC1)C1CC1. The molecule has 1 aromatic carbocycles. The summed E-state index contributed by atoms with van der Waals surface area (Å²) in [5, 5.41) is 3.80. The van der Waals surface area contributed by atoms with Crippen molar-refractivity contribution in [3.8, 4) is 5.75 Å². The third-order valence-corrected chi connectivity index (χ3v) is 4.02. The molecule has 4 heteroatoms. The number of hydrogen-bond donors (Lipinski definition) is 1. The maximum Gasteiger partial charge on any atom is 0.258 e. The molecule has 2 saturated carbocycles. The van der Waals surface area contributed by atoms with Crippen molar-refractivity contribution in [3.63, 3.8) is 0 Å². The van der Waals surface area contributed by atoms with E-state index in [-0.39, 0.29) is 12.5 Å². The summed E-state index contributed by atoms with van der Waals surface area (Å²) in [6, 6.07) is 7.45. The van der Waals surface area contributed by atoms with E-state index in [0.29, 0.717) is 28.6 Å². The summed E-state index contributed by atoms with van der Waals surface area (Å²) in [6.45, 7) is 0.0809. The molecule has 0 aliphatic heterocycles. The van der Waals surface area contributed by atoms with E-state index in [1.807, 2.05) is 0 Å². The number of rotatable bonds is 6. The molecular weight excluding hydrogens is 262 g/mol. The fraction of sp³-hybridized carbons (Fsp3) is 0.533. The van der Waals surface area contributed by atoms with Crippen LogP contribution in [0.25, 0.3) is 0 Å². The lowest BCUT2D eigenvalue weighted by atomic mass is 10.1. The second-order valence-electron chi connectivity index (χ2n) is 5.51. The van der Waals surface area contributed by atoms with Crippen LogP contribution in [0.4, 0.5) is 0 Å². The van der Waals surface area contributed by atoms with E-state index in [2.05, 4.69) is 5.32 Å². The predicted octanol–water partition coefficient (Wildman–Crippen LogP) is 3.02. The predicted molar refractivity (Wildman–Crippen MR) is 74.3 cm³/mol. The van der Waals surface area contributed by atoms with Gasteiger partial charge in [0, 0.05) is 11.1 Å². The lowest BCUT2D eigenvalue weighted by molar-refractivity contribution is -0.124. The van der Waals surface area contributed by atoms with Crippen LogP contribution < -0.4 is 10.1 Å². The molecule has 19 heavy (non-hydrogen) atoms. The maximum atomic E-state index is 11.9. The Morgan fingerprint density at radius 1 is 1.21 bits per heavy atom. The van der Waals surface area contributed by atoms with Crippen LogP contribution in [-0.4, -0.2) is 18.6 Å². The molecule has 0 heterocycles. The minimum atomic E-state index is -0.0150. The van der Waals surface area contributed by atoms with E-state index in [9.17, 15) is 4.79 Å². The van der Waals surface area contributed by atoms with E-state index in [1.54, 1.807) is 24.3 Å². The zero-order valence-corrected chi connectivity index (χ0v) is 11.5. The van der Waals surface area contributed by atoms with Gasteiger partial charge in [-0.25, -0.2) is 0 Å². The van der Waals surface area contributed by atoms with Gasteiger partial charge in [0.2, 0.25) is 0 Å². The summed E-state index contributed by atoms with van der Waals surface area (Å²) in [6.07, 6.45) is 5.05. The molecule has 1 N–H and O–H groups in total. The van der Waals surface area contributed by atoms with Crippen molar-refractivity contribution in [1.82, 2.24) is 5.32 Å². The lowest BCUT2D eigenvalue weighted by Gasteiger charge is -2.17. The van der Waals surface area contributed by atoms with Gasteiger partial charge in [0.25, 0.3) is 5.91 Å². The van der Waals surface area contributed by atoms with Gasteiger partial charge in [-0.05, 0) is 61.8 Å². The molecular formula is C15H18ClNO2. The Morgan fingerprint density at radius 3 is 2.32 bits per heavy atom. The van der Waals surface area contributed by atoms with Crippen LogP contribution >= 0.6 is 11.6 Å². The molecule has 0 spiro atoms. The smallest absolute Gasteiger partial charge is 0.258 e. The number of ether oxygens (including phenoxy) is 1. The second kappa shape index (κ2) is 5.41. The van der Waals surface area contributed by atoms with E-state index in [0.717, 1.165) is 0 Å². The Bertz CT molecular complexity index is 440. The molecule has 3 rings (SSSR count). The molecule has 2 fully saturated rings. The van der Waals surface area contributed by atoms with E-state index in [1.165, 1.54) is 25.7 Å². The molecule has 1 aromatic rings. The average Bonchev–Trinajstić information content (AvgIpc) is 3.29. The van der Waals surface area contributed by atoms with Crippen molar-refractivity contribution in [1.29, 1.82) is 0 Å². The number of nitrogens with one attached hydrogen (secondary N) is 1. The van der Waals surface area contributed by atoms with Crippen LogP contribution in [0.15, 0.2) is 24.3 Å². The summed E-state index contributed by atoms with van der Waals surface area (Å²) in [5.41, 5.74) is 0. The van der Waals surface area contributed by atoms with Crippen LogP contribution in [0, 0.1) is 11.8 Å². The summed E-state index contributed by atoms with van der Waals surface area (Å²) in [4.78, 5) is 11.9. The minimum Gasteiger partial charge on any atom is -0.484 e. The monoisotopic (exact) mass is 279 g/mol. The van der Waals surface area contributed by atoms with Gasteiger partial charge < -0.3 is 10.1 Å². The molecule has 102 valence electrons. The average molecular weight is 280 g/mol. The zero-order chi connectivity index (χ0) is 13.2. The van der Waals surface area contributed by atoms with Crippen LogP contribution in [0.5, 0.6) is 5.75 Å². The van der Waals surface area contributed by atoms with Crippen molar-refractivity contribution < 1.29 is 9.53 Å². The first kappa shape index (κ1) is 12.8. The first-order valence-electron chi connectivity index (χ1n) is 6.90. The molecule has 2 aliphatic rings. The van der Waals surface area contributed by atoms with E-state index >= 15 is 0 Å². The van der Waals surface area contributed by atoms with Crippen LogP contribution in [-0.2, 0) is 4.79 Å². The second-order valence-corrected chi connectivity index (χ2v) is 5.95. The molecule has 0 unspecified atom stereocenters. The third kappa shape index (κ3) is 3.63. The number of amides is 1. The summed E-state index contributed by atoms with van der Waals surface area (Å²) >= 11 is 5.79. The third-order valence-electron chi connectivity index (χ3n) is 3.77. The standard InChI is InChI=1S/C15H18ClNO2/c16-12-5-7-13(8-6-12)19-9-14(18)17-15(10-1-2-10)11-3-4-11/h5-8,10-11,15H,1-4,9H2,(H,17,18). The van der Waals surface area contributed by atoms with Crippen LogP contribution in [0.1, 0.15) is 25.7 Å². The molecule has 0 saturated heterocycles. The zero-order valence-electron chi connectivity index (χ0n) is 10.8. The van der Waals surface area contributed by atoms with Crippen LogP contribution in [0.2, 0.25) is 5.02 Å². The molecule has 0 radical (unpaired) electrons. The Kier molecular flexibility index (Phi) is 3.65. The molecule has 0 aromatic heterocycles. The normalized spacial score (nSPS) is 18.4. The van der Waals surface area contributed by atoms with Gasteiger partial charge >= 0.3 is 0 Å². The first-order valence-corrected chi connectivity index (χ1v) is 7.28. The van der Waals surface area contributed by atoms with Gasteiger partial charge in [-0.2, -0.15) is 0 Å². The van der Waals surface area contributed by atoms with Gasteiger partial charge in [0.15, 0.2) is 6.61 Å². The number of hydrogen-bond acceptors (Lipinski definition) is 2. The molecule has 0 atom stereocenters. The largest absolute Gasteiger partial charge is 0.484 e. The van der Waals surface area contributed by atoms with E-state index < -0.39 is 0 Å². The van der Waals surface area contributed by atoms with E-state index in [4.69, 9.17) is 16.3 Å². The summed E-state index contributed by atoms with van der Waals surface area (Å²) < 4.78 is 5.45. The molecule has 1 amide bonds. The number of carbonyl (C=O) groups excluding carboxylic acids is 1. The van der Waals surface area contributed by atoms with Crippen molar-refractivity contribution in [2.45, 2.75) is 31.7 Å². The fourth-order valence-corrected chi connectivity index (χ4v) is 2.56. The Hall–Kier alpha value is -1.22. The van der Waals surface area contributed by atoms with Crippen LogP contribution in [0.3, 0.4) is 0 Å². The molecule has 3 nitrogen and oxygen atoms in total. The number of benzene rings is 1. The molecule has 2 aliphatic carbocycles. The van der Waals surface area contributed by atoms with Gasteiger partial charge in [0.05, 0.1) is 0 Å². The first-order chi connectivity index (χ1) is 9.22. The Morgan fingerprint density at radius 2 is 1.79 bits per heavy atom. The van der Waals surface area contributed by atoms with Gasteiger partial charge in [-0.15, -0.1) is 0 Å². The van der Waals surface area contributed by atoms with Crippen molar-refractivity contribution in [2.24, 2.45) is 11.8 Å². The lowest BCUT2D eigenvalue weighted by Crippen LogP contribution is -2.40. The summed E-state index contributed by atoms with van der Waals surface area (Å²) in [7, 11) is 0. The van der Waals surface area contributed by atoms with Gasteiger partial charge in [-0.3, -0.25) is 4.79 Å². The Labute approximate surface area is 118 Å². The highest BCUT2D eigenvalue weighted by Gasteiger charge is 2.42. The molecule has 0 bridgehead atoms. The maximum absolute atomic E-state index is 11.9. The highest BCUT2D eigenvalue weighted by atomic mass is 35.5. The Balaban J connectivity index is 1.46. The van der Waals surface area contributed by atoms with Crippen molar-refractivity contribution in [3.05, 3.63) is 29.3 Å². The summed E-state index contributed by atoms with van der Waals surface area (Å²) in [5.74, 6) is 2.09.